The predicted octanol–water partition coefficient (Wildman–Crippen LogP) is 1.85. The first-order valence-electron chi connectivity index (χ1n) is 7.94. The van der Waals surface area contributed by atoms with Crippen LogP contribution in [0.1, 0.15) is 37.1 Å². The van der Waals surface area contributed by atoms with E-state index in [4.69, 9.17) is 5.84 Å². The second-order valence-corrected chi connectivity index (χ2v) is 7.22. The highest BCUT2D eigenvalue weighted by Gasteiger charge is 2.30. The molecular weight excluding hydrogens is 329 g/mol. The number of carbonyl (C=O) groups is 1. The number of carbonyl (C=O) groups excluding carboxylic acids is 1. The lowest BCUT2D eigenvalue weighted by molar-refractivity contribution is -0.120. The normalized spacial score (nSPS) is 15.2. The Labute approximate surface area is 144 Å². The standard InChI is InChI=1S/C16H20FN5OS/c1-10(24-16-21-20-14(22(16)18)12-4-5-12)15(23)19-9-8-11-2-6-13(17)7-3-11/h2-3,6-7,10,12H,4-5,8-9,18H2,1H3,(H,19,23)/t10-/m0/s1. The molecule has 2 aromatic rings. The van der Waals surface area contributed by atoms with Gasteiger partial charge in [-0.25, -0.2) is 9.07 Å². The van der Waals surface area contributed by atoms with E-state index in [-0.39, 0.29) is 17.0 Å². The van der Waals surface area contributed by atoms with Crippen molar-refractivity contribution in [1.82, 2.24) is 20.2 Å². The summed E-state index contributed by atoms with van der Waals surface area (Å²) in [6.45, 7) is 2.31. The maximum Gasteiger partial charge on any atom is 0.233 e. The number of thioether (sulfide) groups is 1. The molecule has 1 aromatic heterocycles. The van der Waals surface area contributed by atoms with Gasteiger partial charge in [0.2, 0.25) is 11.1 Å². The number of hydrogen-bond acceptors (Lipinski definition) is 5. The highest BCUT2D eigenvalue weighted by atomic mass is 32.2. The molecule has 24 heavy (non-hydrogen) atoms. The van der Waals surface area contributed by atoms with Crippen LogP contribution in [0, 0.1) is 5.82 Å². The van der Waals surface area contributed by atoms with Gasteiger partial charge in [0, 0.05) is 12.5 Å². The Morgan fingerprint density at radius 3 is 2.79 bits per heavy atom. The first-order valence-corrected chi connectivity index (χ1v) is 8.81. The van der Waals surface area contributed by atoms with Crippen LogP contribution in [0.15, 0.2) is 29.4 Å². The summed E-state index contributed by atoms with van der Waals surface area (Å²) in [6.07, 6.45) is 2.85. The molecule has 3 rings (SSSR count). The number of rotatable bonds is 7. The molecule has 0 unspecified atom stereocenters. The third kappa shape index (κ3) is 4.05. The van der Waals surface area contributed by atoms with E-state index >= 15 is 0 Å². The summed E-state index contributed by atoms with van der Waals surface area (Å²) in [6, 6.07) is 6.27. The zero-order chi connectivity index (χ0) is 17.1. The quantitative estimate of drug-likeness (QED) is 0.588. The van der Waals surface area contributed by atoms with Crippen molar-refractivity contribution in [3.63, 3.8) is 0 Å². The molecule has 8 heteroatoms. The number of nitrogens with zero attached hydrogens (tertiary/aromatic N) is 3. The first kappa shape index (κ1) is 16.8. The number of hydrogen-bond donors (Lipinski definition) is 2. The van der Waals surface area contributed by atoms with Gasteiger partial charge in [0.15, 0.2) is 5.82 Å². The molecule has 0 aliphatic heterocycles. The number of amides is 1. The minimum atomic E-state index is -0.322. The number of benzene rings is 1. The summed E-state index contributed by atoms with van der Waals surface area (Å²) in [7, 11) is 0. The molecule has 1 amide bonds. The van der Waals surface area contributed by atoms with Crippen molar-refractivity contribution in [2.75, 3.05) is 12.4 Å². The Kier molecular flexibility index (Phi) is 5.03. The molecule has 1 aliphatic rings. The summed E-state index contributed by atoms with van der Waals surface area (Å²) in [5.74, 6) is 6.85. The lowest BCUT2D eigenvalue weighted by atomic mass is 10.1. The monoisotopic (exact) mass is 349 g/mol. The molecule has 1 fully saturated rings. The average molecular weight is 349 g/mol. The van der Waals surface area contributed by atoms with Gasteiger partial charge in [0.25, 0.3) is 0 Å². The van der Waals surface area contributed by atoms with Gasteiger partial charge in [0.05, 0.1) is 5.25 Å². The van der Waals surface area contributed by atoms with Crippen molar-refractivity contribution in [3.8, 4) is 0 Å². The van der Waals surface area contributed by atoms with E-state index in [1.54, 1.807) is 12.1 Å². The molecule has 6 nitrogen and oxygen atoms in total. The molecule has 1 atom stereocenters. The highest BCUT2D eigenvalue weighted by molar-refractivity contribution is 8.00. The van der Waals surface area contributed by atoms with E-state index < -0.39 is 0 Å². The predicted molar refractivity (Wildman–Crippen MR) is 90.6 cm³/mol. The smallest absolute Gasteiger partial charge is 0.233 e. The number of halogens is 1. The molecule has 1 saturated carbocycles. The molecular formula is C16H20FN5OS. The lowest BCUT2D eigenvalue weighted by Gasteiger charge is -2.11. The van der Waals surface area contributed by atoms with Crippen molar-refractivity contribution in [2.24, 2.45) is 0 Å². The molecule has 0 saturated heterocycles. The van der Waals surface area contributed by atoms with Gasteiger partial charge in [-0.1, -0.05) is 23.9 Å². The summed E-state index contributed by atoms with van der Waals surface area (Å²) >= 11 is 1.30. The van der Waals surface area contributed by atoms with E-state index in [1.807, 2.05) is 6.92 Å². The van der Waals surface area contributed by atoms with Crippen molar-refractivity contribution in [2.45, 2.75) is 42.5 Å². The van der Waals surface area contributed by atoms with Crippen molar-refractivity contribution < 1.29 is 9.18 Å². The summed E-state index contributed by atoms with van der Waals surface area (Å²) in [4.78, 5) is 12.2. The van der Waals surface area contributed by atoms with Crippen LogP contribution in [0.2, 0.25) is 0 Å². The van der Waals surface area contributed by atoms with Crippen LogP contribution in [0.5, 0.6) is 0 Å². The van der Waals surface area contributed by atoms with Gasteiger partial charge >= 0.3 is 0 Å². The van der Waals surface area contributed by atoms with Crippen LogP contribution >= 0.6 is 11.8 Å². The van der Waals surface area contributed by atoms with Gasteiger partial charge in [0.1, 0.15) is 5.82 Å². The fraction of sp³-hybridized carbons (Fsp3) is 0.438. The summed E-state index contributed by atoms with van der Waals surface area (Å²) < 4.78 is 14.3. The van der Waals surface area contributed by atoms with Gasteiger partial charge in [-0.2, -0.15) is 0 Å². The van der Waals surface area contributed by atoms with Gasteiger partial charge in [-0.05, 0) is 43.9 Å². The van der Waals surface area contributed by atoms with E-state index in [2.05, 4.69) is 15.5 Å². The Hall–Kier alpha value is -2.09. The molecule has 0 bridgehead atoms. The fourth-order valence-electron chi connectivity index (χ4n) is 2.33. The van der Waals surface area contributed by atoms with Crippen molar-refractivity contribution >= 4 is 17.7 Å². The number of aromatic nitrogens is 3. The zero-order valence-electron chi connectivity index (χ0n) is 13.4. The molecule has 0 spiro atoms. The Morgan fingerprint density at radius 2 is 2.12 bits per heavy atom. The molecule has 1 aromatic carbocycles. The summed E-state index contributed by atoms with van der Waals surface area (Å²) in [5, 5.41) is 11.3. The molecule has 3 N–H and O–H groups in total. The zero-order valence-corrected chi connectivity index (χ0v) is 14.2. The Balaban J connectivity index is 1.47. The van der Waals surface area contributed by atoms with Crippen molar-refractivity contribution in [3.05, 3.63) is 41.5 Å². The second kappa shape index (κ2) is 7.21. The highest BCUT2D eigenvalue weighted by Crippen LogP contribution is 2.39. The minimum Gasteiger partial charge on any atom is -0.355 e. The molecule has 128 valence electrons. The van der Waals surface area contributed by atoms with Crippen LogP contribution in [0.25, 0.3) is 0 Å². The third-order valence-corrected chi connectivity index (χ3v) is 4.97. The largest absolute Gasteiger partial charge is 0.355 e. The van der Waals surface area contributed by atoms with E-state index in [0.717, 1.165) is 24.2 Å². The van der Waals surface area contributed by atoms with Crippen LogP contribution in [0.3, 0.4) is 0 Å². The minimum absolute atomic E-state index is 0.0851. The number of nitrogen functional groups attached to an aromatic ring is 1. The third-order valence-electron chi connectivity index (χ3n) is 3.91. The SMILES string of the molecule is C[C@H](Sc1nnc(C2CC2)n1N)C(=O)NCCc1ccc(F)cc1. The summed E-state index contributed by atoms with van der Waals surface area (Å²) in [5.41, 5.74) is 0.979. The van der Waals surface area contributed by atoms with E-state index in [0.29, 0.717) is 24.0 Å². The van der Waals surface area contributed by atoms with Crippen LogP contribution in [0.4, 0.5) is 4.39 Å². The molecule has 1 aliphatic carbocycles. The van der Waals surface area contributed by atoms with Crippen LogP contribution in [-0.2, 0) is 11.2 Å². The Bertz CT molecular complexity index is 714. The van der Waals surface area contributed by atoms with Gasteiger partial charge in [-0.3, -0.25) is 4.79 Å². The van der Waals surface area contributed by atoms with Crippen molar-refractivity contribution in [1.29, 1.82) is 0 Å². The number of nitrogens with one attached hydrogen (secondary N) is 1. The van der Waals surface area contributed by atoms with Crippen LogP contribution in [-0.4, -0.2) is 32.6 Å². The molecule has 0 radical (unpaired) electrons. The molecule has 1 heterocycles. The van der Waals surface area contributed by atoms with Gasteiger partial charge < -0.3 is 11.2 Å². The Morgan fingerprint density at radius 1 is 1.42 bits per heavy atom. The maximum atomic E-state index is 12.8. The average Bonchev–Trinajstić information content (AvgIpc) is 3.34. The second-order valence-electron chi connectivity index (χ2n) is 5.91. The van der Waals surface area contributed by atoms with E-state index in [9.17, 15) is 9.18 Å². The fourth-order valence-corrected chi connectivity index (χ4v) is 3.13. The van der Waals surface area contributed by atoms with Crippen LogP contribution < -0.4 is 11.2 Å². The maximum absolute atomic E-state index is 12.8. The number of nitrogens with two attached hydrogens (primary N) is 1. The first-order chi connectivity index (χ1) is 11.5. The topological polar surface area (TPSA) is 85.8 Å². The van der Waals surface area contributed by atoms with Gasteiger partial charge in [-0.15, -0.1) is 10.2 Å². The lowest BCUT2D eigenvalue weighted by Crippen LogP contribution is -2.32. The van der Waals surface area contributed by atoms with E-state index in [1.165, 1.54) is 28.6 Å².